The molecule has 44 heavy (non-hydrogen) atoms. The molecule has 11 heteroatoms. The highest BCUT2D eigenvalue weighted by atomic mass is 35.5. The molecule has 4 rings (SSSR count). The van der Waals surface area contributed by atoms with E-state index in [-0.39, 0.29) is 39.5 Å². The zero-order valence-electron chi connectivity index (χ0n) is 24.3. The molecule has 0 aliphatic carbocycles. The SMILES string of the molecule is CCNC(=O)[C@@H](Cc1ccccc1)N(Cc1cccc(OC)c1)C(=O)CN(c1ccc(Cl)c(Cl)c1)S(=O)(=O)c1ccccc1. The number of nitrogens with zero attached hydrogens (tertiary/aromatic N) is 2. The van der Waals surface area contributed by atoms with Crippen LogP contribution in [0.4, 0.5) is 5.69 Å². The van der Waals surface area contributed by atoms with Crippen LogP contribution in [0.3, 0.4) is 0 Å². The van der Waals surface area contributed by atoms with Crippen molar-refractivity contribution in [3.8, 4) is 5.75 Å². The molecule has 4 aromatic carbocycles. The Balaban J connectivity index is 1.81. The molecule has 0 saturated heterocycles. The van der Waals surface area contributed by atoms with Gasteiger partial charge in [0, 0.05) is 19.5 Å². The maximum absolute atomic E-state index is 14.4. The zero-order chi connectivity index (χ0) is 31.7. The highest BCUT2D eigenvalue weighted by molar-refractivity contribution is 7.92. The lowest BCUT2D eigenvalue weighted by molar-refractivity contribution is -0.140. The first-order valence-electron chi connectivity index (χ1n) is 13.9. The number of sulfonamides is 1. The number of nitrogens with one attached hydrogen (secondary N) is 1. The molecule has 0 heterocycles. The molecule has 0 radical (unpaired) electrons. The van der Waals surface area contributed by atoms with Gasteiger partial charge in [-0.1, -0.05) is 83.9 Å². The fourth-order valence-corrected chi connectivity index (χ4v) is 6.42. The van der Waals surface area contributed by atoms with Gasteiger partial charge in [0.1, 0.15) is 18.3 Å². The molecule has 0 saturated carbocycles. The Bertz CT molecular complexity index is 1690. The summed E-state index contributed by atoms with van der Waals surface area (Å²) in [6.07, 6.45) is 0.209. The van der Waals surface area contributed by atoms with E-state index >= 15 is 0 Å². The van der Waals surface area contributed by atoms with E-state index in [1.807, 2.05) is 36.4 Å². The van der Waals surface area contributed by atoms with Crippen LogP contribution in [-0.2, 0) is 32.6 Å². The van der Waals surface area contributed by atoms with Crippen LogP contribution in [0.25, 0.3) is 0 Å². The van der Waals surface area contributed by atoms with E-state index in [9.17, 15) is 18.0 Å². The highest BCUT2D eigenvalue weighted by Gasteiger charge is 2.34. The molecule has 4 aromatic rings. The van der Waals surface area contributed by atoms with E-state index in [0.29, 0.717) is 17.9 Å². The fraction of sp³-hybridized carbons (Fsp3) is 0.212. The van der Waals surface area contributed by atoms with Gasteiger partial charge >= 0.3 is 0 Å². The lowest BCUT2D eigenvalue weighted by Crippen LogP contribution is -2.53. The minimum absolute atomic E-state index is 0.0113. The van der Waals surface area contributed by atoms with Gasteiger partial charge in [0.25, 0.3) is 10.0 Å². The molecular weight excluding hydrogens is 621 g/mol. The van der Waals surface area contributed by atoms with Gasteiger partial charge in [0.15, 0.2) is 0 Å². The van der Waals surface area contributed by atoms with Crippen molar-refractivity contribution < 1.29 is 22.7 Å². The second-order valence-electron chi connectivity index (χ2n) is 9.90. The van der Waals surface area contributed by atoms with Crippen LogP contribution >= 0.6 is 23.2 Å². The van der Waals surface area contributed by atoms with E-state index in [1.54, 1.807) is 50.4 Å². The summed E-state index contributed by atoms with van der Waals surface area (Å²) < 4.78 is 34.4. The number of likely N-dealkylation sites (N-methyl/N-ethyl adjacent to an activating group) is 1. The fourth-order valence-electron chi connectivity index (χ4n) is 4.70. The van der Waals surface area contributed by atoms with E-state index in [2.05, 4.69) is 5.32 Å². The predicted molar refractivity (Wildman–Crippen MR) is 174 cm³/mol. The van der Waals surface area contributed by atoms with Gasteiger partial charge in [-0.15, -0.1) is 0 Å². The molecule has 1 N–H and O–H groups in total. The van der Waals surface area contributed by atoms with Crippen molar-refractivity contribution in [2.75, 3.05) is 24.5 Å². The van der Waals surface area contributed by atoms with E-state index in [1.165, 1.54) is 35.2 Å². The van der Waals surface area contributed by atoms with Gasteiger partial charge < -0.3 is 15.0 Å². The Morgan fingerprint density at radius 3 is 2.14 bits per heavy atom. The van der Waals surface area contributed by atoms with Gasteiger partial charge in [-0.05, 0) is 60.5 Å². The quantitative estimate of drug-likeness (QED) is 0.192. The highest BCUT2D eigenvalue weighted by Crippen LogP contribution is 2.31. The molecule has 0 aliphatic rings. The molecular formula is C33H33Cl2N3O5S. The van der Waals surface area contributed by atoms with Crippen molar-refractivity contribution in [3.63, 3.8) is 0 Å². The van der Waals surface area contributed by atoms with Crippen molar-refractivity contribution in [1.29, 1.82) is 0 Å². The smallest absolute Gasteiger partial charge is 0.264 e. The van der Waals surface area contributed by atoms with E-state index in [4.69, 9.17) is 27.9 Å². The Labute approximate surface area is 268 Å². The normalized spacial score (nSPS) is 11.8. The molecule has 2 amide bonds. The first-order chi connectivity index (χ1) is 21.1. The van der Waals surface area contributed by atoms with E-state index < -0.39 is 28.5 Å². The number of amides is 2. The topological polar surface area (TPSA) is 96.0 Å². The van der Waals surface area contributed by atoms with Crippen molar-refractivity contribution in [3.05, 3.63) is 124 Å². The molecule has 0 spiro atoms. The largest absolute Gasteiger partial charge is 0.497 e. The Hall–Kier alpha value is -4.05. The van der Waals surface area contributed by atoms with Crippen LogP contribution in [0, 0.1) is 0 Å². The summed E-state index contributed by atoms with van der Waals surface area (Å²) in [6.45, 7) is 1.56. The molecule has 0 fully saturated rings. The van der Waals surface area contributed by atoms with Crippen molar-refractivity contribution >= 4 is 50.7 Å². The molecule has 8 nitrogen and oxygen atoms in total. The average molecular weight is 655 g/mol. The number of methoxy groups -OCH3 is 1. The summed E-state index contributed by atoms with van der Waals surface area (Å²) in [5, 5.41) is 3.20. The van der Waals surface area contributed by atoms with Crippen LogP contribution in [0.2, 0.25) is 10.0 Å². The number of carbonyl (C=O) groups is 2. The lowest BCUT2D eigenvalue weighted by Gasteiger charge is -2.34. The number of hydrogen-bond donors (Lipinski definition) is 1. The summed E-state index contributed by atoms with van der Waals surface area (Å²) in [6, 6.07) is 27.7. The summed E-state index contributed by atoms with van der Waals surface area (Å²) >= 11 is 12.4. The molecule has 0 bridgehead atoms. The first-order valence-corrected chi connectivity index (χ1v) is 16.1. The Morgan fingerprint density at radius 2 is 1.50 bits per heavy atom. The van der Waals surface area contributed by atoms with Crippen LogP contribution in [0.5, 0.6) is 5.75 Å². The lowest BCUT2D eigenvalue weighted by atomic mass is 10.0. The van der Waals surface area contributed by atoms with Gasteiger partial charge in [-0.25, -0.2) is 8.42 Å². The summed E-state index contributed by atoms with van der Waals surface area (Å²) in [7, 11) is -2.71. The number of carbonyl (C=O) groups excluding carboxylic acids is 2. The van der Waals surface area contributed by atoms with Gasteiger partial charge in [-0.2, -0.15) is 0 Å². The molecule has 0 aliphatic heterocycles. The maximum Gasteiger partial charge on any atom is 0.264 e. The minimum atomic E-state index is -4.25. The maximum atomic E-state index is 14.4. The zero-order valence-corrected chi connectivity index (χ0v) is 26.6. The van der Waals surface area contributed by atoms with Crippen molar-refractivity contribution in [1.82, 2.24) is 10.2 Å². The second-order valence-corrected chi connectivity index (χ2v) is 12.6. The summed E-state index contributed by atoms with van der Waals surface area (Å²) in [5.41, 5.74) is 1.69. The average Bonchev–Trinajstić information content (AvgIpc) is 3.03. The number of halogens is 2. The van der Waals surface area contributed by atoms with Gasteiger partial charge in [0.05, 0.1) is 27.7 Å². The molecule has 1 atom stereocenters. The van der Waals surface area contributed by atoms with Crippen LogP contribution in [-0.4, -0.2) is 51.4 Å². The number of rotatable bonds is 13. The van der Waals surface area contributed by atoms with Crippen molar-refractivity contribution in [2.24, 2.45) is 0 Å². The molecule has 0 aromatic heterocycles. The van der Waals surface area contributed by atoms with Crippen LogP contribution < -0.4 is 14.4 Å². The summed E-state index contributed by atoms with van der Waals surface area (Å²) in [4.78, 5) is 29.4. The number of benzene rings is 4. The van der Waals surface area contributed by atoms with Crippen LogP contribution in [0.1, 0.15) is 18.1 Å². The third-order valence-electron chi connectivity index (χ3n) is 6.91. The van der Waals surface area contributed by atoms with Crippen molar-refractivity contribution in [2.45, 2.75) is 30.8 Å². The Morgan fingerprint density at radius 1 is 0.841 bits per heavy atom. The third kappa shape index (κ3) is 8.11. The first kappa shape index (κ1) is 32.9. The number of hydrogen-bond acceptors (Lipinski definition) is 5. The standard InChI is InChI=1S/C33H33Cl2N3O5S/c1-3-36-33(40)31(20-24-11-6-4-7-12-24)37(22-25-13-10-14-27(19-25)43-2)32(39)23-38(26-17-18-29(34)30(35)21-26)44(41,42)28-15-8-5-9-16-28/h4-19,21,31H,3,20,22-23H2,1-2H3,(H,36,40)/t31-/m1/s1. The number of anilines is 1. The second kappa shape index (κ2) is 15.1. The number of ether oxygens (including phenoxy) is 1. The Kier molecular flexibility index (Phi) is 11.3. The predicted octanol–water partition coefficient (Wildman–Crippen LogP) is 5.97. The minimum Gasteiger partial charge on any atom is -0.497 e. The third-order valence-corrected chi connectivity index (χ3v) is 9.44. The monoisotopic (exact) mass is 653 g/mol. The summed E-state index contributed by atoms with van der Waals surface area (Å²) in [5.74, 6) is -0.373. The van der Waals surface area contributed by atoms with Gasteiger partial charge in [-0.3, -0.25) is 13.9 Å². The van der Waals surface area contributed by atoms with Gasteiger partial charge in [0.2, 0.25) is 11.8 Å². The molecule has 230 valence electrons. The molecule has 0 unspecified atom stereocenters. The van der Waals surface area contributed by atoms with E-state index in [0.717, 1.165) is 9.87 Å². The van der Waals surface area contributed by atoms with Crippen LogP contribution in [0.15, 0.2) is 108 Å².